The van der Waals surface area contributed by atoms with E-state index >= 15 is 0 Å². The number of carbonyl (C=O) groups excluding carboxylic acids is 1. The number of hydrogen-bond acceptors (Lipinski definition) is 6. The highest BCUT2D eigenvalue weighted by Gasteiger charge is 2.11. The van der Waals surface area contributed by atoms with E-state index in [-0.39, 0.29) is 18.6 Å². The number of carbonyl (C=O) groups is 1. The van der Waals surface area contributed by atoms with Crippen molar-refractivity contribution in [3.8, 4) is 5.75 Å². The highest BCUT2D eigenvalue weighted by atomic mass is 35.5. The molecular formula is C17H20ClN7O2. The van der Waals surface area contributed by atoms with Gasteiger partial charge in [-0.05, 0) is 42.5 Å². The smallest absolute Gasteiger partial charge is 0.251 e. The van der Waals surface area contributed by atoms with Crippen LogP contribution in [-0.2, 0) is 13.2 Å². The maximum absolute atomic E-state index is 12.3. The van der Waals surface area contributed by atoms with Gasteiger partial charge in [0.15, 0.2) is 5.82 Å². The molecule has 1 aromatic carbocycles. The molecule has 0 atom stereocenters. The fourth-order valence-electron chi connectivity index (χ4n) is 2.43. The van der Waals surface area contributed by atoms with Crippen LogP contribution in [-0.4, -0.2) is 42.4 Å². The summed E-state index contributed by atoms with van der Waals surface area (Å²) in [6.45, 7) is 5.16. The fourth-order valence-corrected chi connectivity index (χ4v) is 2.59. The lowest BCUT2D eigenvalue weighted by Gasteiger charge is -2.10. The van der Waals surface area contributed by atoms with Crippen molar-refractivity contribution < 1.29 is 9.53 Å². The van der Waals surface area contributed by atoms with E-state index in [4.69, 9.17) is 16.3 Å². The van der Waals surface area contributed by atoms with Crippen molar-refractivity contribution in [2.24, 2.45) is 0 Å². The van der Waals surface area contributed by atoms with E-state index in [1.807, 2.05) is 13.8 Å². The SMILES string of the molecule is CC(C)n1nnnc1COc1cccc(C(=O)NCCn2cc(Cl)cn2)c1. The molecule has 0 bridgehead atoms. The van der Waals surface area contributed by atoms with Crippen molar-refractivity contribution in [1.82, 2.24) is 35.3 Å². The van der Waals surface area contributed by atoms with E-state index < -0.39 is 0 Å². The van der Waals surface area contributed by atoms with Crippen LogP contribution in [0, 0.1) is 0 Å². The van der Waals surface area contributed by atoms with Crippen molar-refractivity contribution in [1.29, 1.82) is 0 Å². The number of tetrazole rings is 1. The summed E-state index contributed by atoms with van der Waals surface area (Å²) in [5, 5.41) is 19.0. The number of aromatic nitrogens is 6. The van der Waals surface area contributed by atoms with Crippen molar-refractivity contribution in [3.63, 3.8) is 0 Å². The van der Waals surface area contributed by atoms with Gasteiger partial charge in [0.05, 0.1) is 23.8 Å². The number of hydrogen-bond donors (Lipinski definition) is 1. The molecule has 9 nitrogen and oxygen atoms in total. The number of ether oxygens (including phenoxy) is 1. The van der Waals surface area contributed by atoms with Crippen LogP contribution in [0.3, 0.4) is 0 Å². The minimum Gasteiger partial charge on any atom is -0.486 e. The standard InChI is InChI=1S/C17H20ClN7O2/c1-12(2)25-16(21-22-23-25)11-27-15-5-3-4-13(8-15)17(26)19-6-7-24-10-14(18)9-20-24/h3-5,8-10,12H,6-7,11H2,1-2H3,(H,19,26). The molecule has 2 heterocycles. The van der Waals surface area contributed by atoms with Gasteiger partial charge in [0.1, 0.15) is 12.4 Å². The third kappa shape index (κ3) is 5.04. The van der Waals surface area contributed by atoms with Crippen LogP contribution in [0.25, 0.3) is 0 Å². The molecule has 0 aliphatic carbocycles. The van der Waals surface area contributed by atoms with Gasteiger partial charge in [0, 0.05) is 18.3 Å². The number of rotatable bonds is 8. The molecule has 1 amide bonds. The monoisotopic (exact) mass is 389 g/mol. The number of halogens is 1. The van der Waals surface area contributed by atoms with Gasteiger partial charge >= 0.3 is 0 Å². The van der Waals surface area contributed by atoms with E-state index in [0.29, 0.717) is 35.2 Å². The Hall–Kier alpha value is -2.94. The van der Waals surface area contributed by atoms with Crippen LogP contribution in [0.4, 0.5) is 0 Å². The summed E-state index contributed by atoms with van der Waals surface area (Å²) in [5.74, 6) is 1.00. The topological polar surface area (TPSA) is 99.8 Å². The van der Waals surface area contributed by atoms with Crippen LogP contribution in [0.5, 0.6) is 5.75 Å². The maximum Gasteiger partial charge on any atom is 0.251 e. The summed E-state index contributed by atoms with van der Waals surface area (Å²) >= 11 is 5.81. The number of benzene rings is 1. The molecular weight excluding hydrogens is 370 g/mol. The molecule has 0 spiro atoms. The van der Waals surface area contributed by atoms with Crippen LogP contribution in [0.2, 0.25) is 5.02 Å². The van der Waals surface area contributed by atoms with Crippen molar-refractivity contribution in [2.75, 3.05) is 6.54 Å². The Morgan fingerprint density at radius 1 is 1.37 bits per heavy atom. The normalized spacial score (nSPS) is 11.0. The first-order valence-electron chi connectivity index (χ1n) is 8.48. The largest absolute Gasteiger partial charge is 0.486 e. The van der Waals surface area contributed by atoms with E-state index in [0.717, 1.165) is 0 Å². The van der Waals surface area contributed by atoms with Gasteiger partial charge in [-0.3, -0.25) is 9.48 Å². The van der Waals surface area contributed by atoms with Crippen LogP contribution >= 0.6 is 11.6 Å². The molecule has 0 aliphatic heterocycles. The third-order valence-electron chi connectivity index (χ3n) is 3.74. The Bertz CT molecular complexity index is 906. The Labute approximate surface area is 161 Å². The molecule has 3 rings (SSSR count). The van der Waals surface area contributed by atoms with Crippen molar-refractivity contribution in [3.05, 3.63) is 53.1 Å². The molecule has 10 heteroatoms. The van der Waals surface area contributed by atoms with Gasteiger partial charge in [0.2, 0.25) is 0 Å². The zero-order chi connectivity index (χ0) is 19.2. The quantitative estimate of drug-likeness (QED) is 0.633. The Balaban J connectivity index is 1.54. The second kappa shape index (κ2) is 8.63. The lowest BCUT2D eigenvalue weighted by atomic mass is 10.2. The van der Waals surface area contributed by atoms with Crippen LogP contribution in [0.15, 0.2) is 36.7 Å². The summed E-state index contributed by atoms with van der Waals surface area (Å²) in [6.07, 6.45) is 3.26. The summed E-state index contributed by atoms with van der Waals surface area (Å²) in [5.41, 5.74) is 0.509. The van der Waals surface area contributed by atoms with E-state index in [9.17, 15) is 4.79 Å². The highest BCUT2D eigenvalue weighted by Crippen LogP contribution is 2.15. The van der Waals surface area contributed by atoms with Crippen LogP contribution < -0.4 is 10.1 Å². The second-order valence-corrected chi connectivity index (χ2v) is 6.56. The molecule has 1 N–H and O–H groups in total. The predicted molar refractivity (Wildman–Crippen MR) is 98.5 cm³/mol. The minimum absolute atomic E-state index is 0.139. The fraction of sp³-hybridized carbons (Fsp3) is 0.353. The molecule has 0 radical (unpaired) electrons. The van der Waals surface area contributed by atoms with E-state index in [2.05, 4.69) is 25.9 Å². The van der Waals surface area contributed by atoms with Crippen molar-refractivity contribution >= 4 is 17.5 Å². The van der Waals surface area contributed by atoms with Gasteiger partial charge in [-0.2, -0.15) is 5.10 Å². The third-order valence-corrected chi connectivity index (χ3v) is 3.94. The average Bonchev–Trinajstić information content (AvgIpc) is 3.29. The predicted octanol–water partition coefficient (Wildman–Crippen LogP) is 2.11. The first-order valence-corrected chi connectivity index (χ1v) is 8.86. The van der Waals surface area contributed by atoms with Crippen molar-refractivity contribution in [2.45, 2.75) is 33.0 Å². The number of nitrogens with one attached hydrogen (secondary N) is 1. The van der Waals surface area contributed by atoms with E-state index in [1.165, 1.54) is 0 Å². The van der Waals surface area contributed by atoms with E-state index in [1.54, 1.807) is 46.0 Å². The van der Waals surface area contributed by atoms with Gasteiger partial charge in [-0.25, -0.2) is 4.68 Å². The van der Waals surface area contributed by atoms with Gasteiger partial charge < -0.3 is 10.1 Å². The number of nitrogens with zero attached hydrogens (tertiary/aromatic N) is 6. The Morgan fingerprint density at radius 2 is 2.22 bits per heavy atom. The second-order valence-electron chi connectivity index (χ2n) is 6.13. The summed E-state index contributed by atoms with van der Waals surface area (Å²) < 4.78 is 9.10. The number of amides is 1. The summed E-state index contributed by atoms with van der Waals surface area (Å²) in [7, 11) is 0. The first kappa shape index (κ1) is 18.8. The van der Waals surface area contributed by atoms with Gasteiger partial charge in [0.25, 0.3) is 5.91 Å². The van der Waals surface area contributed by atoms with Gasteiger partial charge in [-0.15, -0.1) is 5.10 Å². The average molecular weight is 390 g/mol. The summed E-state index contributed by atoms with van der Waals surface area (Å²) in [4.78, 5) is 12.3. The molecule has 0 unspecified atom stereocenters. The molecule has 0 fully saturated rings. The molecule has 142 valence electrons. The molecule has 2 aromatic heterocycles. The lowest BCUT2D eigenvalue weighted by molar-refractivity contribution is 0.0951. The highest BCUT2D eigenvalue weighted by molar-refractivity contribution is 6.30. The zero-order valence-electron chi connectivity index (χ0n) is 15.0. The molecule has 0 saturated carbocycles. The van der Waals surface area contributed by atoms with Gasteiger partial charge in [-0.1, -0.05) is 17.7 Å². The molecule has 0 saturated heterocycles. The summed E-state index contributed by atoms with van der Waals surface area (Å²) in [6, 6.07) is 7.10. The zero-order valence-corrected chi connectivity index (χ0v) is 15.8. The molecule has 27 heavy (non-hydrogen) atoms. The molecule has 3 aromatic rings. The minimum atomic E-state index is -0.189. The Morgan fingerprint density at radius 3 is 2.96 bits per heavy atom. The first-order chi connectivity index (χ1) is 13.0. The maximum atomic E-state index is 12.3. The molecule has 0 aliphatic rings. The lowest BCUT2D eigenvalue weighted by Crippen LogP contribution is -2.27. The van der Waals surface area contributed by atoms with Crippen LogP contribution in [0.1, 0.15) is 36.1 Å². The Kier molecular flexibility index (Phi) is 6.02.